The summed E-state index contributed by atoms with van der Waals surface area (Å²) < 4.78 is 0. The van der Waals surface area contributed by atoms with Gasteiger partial charge in [-0.15, -0.1) is 22.7 Å². The highest BCUT2D eigenvalue weighted by atomic mass is 32.1. The molecule has 0 atom stereocenters. The van der Waals surface area contributed by atoms with Crippen LogP contribution >= 0.6 is 22.7 Å². The molecular weight excluding hydrogens is 288 g/mol. The molecule has 0 saturated heterocycles. The first-order chi connectivity index (χ1) is 9.81. The number of benzene rings is 1. The van der Waals surface area contributed by atoms with Crippen LogP contribution in [0.2, 0.25) is 0 Å². The van der Waals surface area contributed by atoms with E-state index in [0.717, 1.165) is 12.1 Å². The van der Waals surface area contributed by atoms with Crippen LogP contribution in [0, 0.1) is 0 Å². The van der Waals surface area contributed by atoms with Gasteiger partial charge >= 0.3 is 0 Å². The number of thiazole rings is 1. The molecule has 1 aromatic carbocycles. The lowest BCUT2D eigenvalue weighted by Crippen LogP contribution is -2.09. The van der Waals surface area contributed by atoms with Gasteiger partial charge in [0.1, 0.15) is 0 Å². The van der Waals surface area contributed by atoms with Crippen molar-refractivity contribution in [3.63, 3.8) is 0 Å². The number of hydrogen-bond acceptors (Lipinski definition) is 4. The van der Waals surface area contributed by atoms with E-state index in [1.54, 1.807) is 11.3 Å². The highest BCUT2D eigenvalue weighted by Gasteiger charge is 2.23. The van der Waals surface area contributed by atoms with Crippen LogP contribution in [0.15, 0.2) is 41.8 Å². The van der Waals surface area contributed by atoms with Crippen molar-refractivity contribution in [1.29, 1.82) is 0 Å². The average Bonchev–Trinajstić information content (AvgIpc) is 3.13. The molecule has 0 bridgehead atoms. The lowest BCUT2D eigenvalue weighted by atomic mass is 10.1. The third-order valence-electron chi connectivity index (χ3n) is 3.29. The molecule has 0 aliphatic heterocycles. The smallest absolute Gasteiger partial charge is 0.267 e. The van der Waals surface area contributed by atoms with Gasteiger partial charge in [-0.3, -0.25) is 10.1 Å². The fourth-order valence-electron chi connectivity index (χ4n) is 2.38. The van der Waals surface area contributed by atoms with Crippen molar-refractivity contribution in [2.45, 2.75) is 6.42 Å². The van der Waals surface area contributed by atoms with E-state index in [1.807, 2.05) is 23.6 Å². The van der Waals surface area contributed by atoms with E-state index in [4.69, 9.17) is 0 Å². The Morgan fingerprint density at radius 1 is 1.20 bits per heavy atom. The van der Waals surface area contributed by atoms with Gasteiger partial charge in [-0.05, 0) is 17.0 Å². The van der Waals surface area contributed by atoms with E-state index >= 15 is 0 Å². The second kappa shape index (κ2) is 4.54. The van der Waals surface area contributed by atoms with Crippen molar-refractivity contribution in [1.82, 2.24) is 4.98 Å². The lowest BCUT2D eigenvalue weighted by molar-refractivity contribution is 0.103. The SMILES string of the molecule is O=C(Nc1nc2c(s1)Cc1ccccc1-2)c1cccs1. The first-order valence-electron chi connectivity index (χ1n) is 6.24. The summed E-state index contributed by atoms with van der Waals surface area (Å²) in [4.78, 5) is 18.5. The van der Waals surface area contributed by atoms with Crippen LogP contribution in [0.3, 0.4) is 0 Å². The Kier molecular flexibility index (Phi) is 2.68. The van der Waals surface area contributed by atoms with Gasteiger partial charge in [-0.1, -0.05) is 30.3 Å². The fraction of sp³-hybridized carbons (Fsp3) is 0.0667. The molecular formula is C15H10N2OS2. The molecule has 0 saturated carbocycles. The molecule has 0 spiro atoms. The molecule has 1 amide bonds. The van der Waals surface area contributed by atoms with Crippen molar-refractivity contribution in [2.75, 3.05) is 5.32 Å². The number of nitrogens with zero attached hydrogens (tertiary/aromatic N) is 1. The number of carbonyl (C=O) groups is 1. The maximum absolute atomic E-state index is 12.0. The van der Waals surface area contributed by atoms with E-state index in [1.165, 1.54) is 27.3 Å². The Hall–Kier alpha value is -1.98. The molecule has 1 aliphatic carbocycles. The predicted molar refractivity (Wildman–Crippen MR) is 82.6 cm³/mol. The Bertz CT molecular complexity index is 790. The van der Waals surface area contributed by atoms with Crippen molar-refractivity contribution in [3.05, 3.63) is 57.1 Å². The Morgan fingerprint density at radius 2 is 2.10 bits per heavy atom. The molecule has 3 aromatic rings. The summed E-state index contributed by atoms with van der Waals surface area (Å²) in [6, 6.07) is 12.0. The number of amides is 1. The number of anilines is 1. The minimum atomic E-state index is -0.0827. The molecule has 0 radical (unpaired) electrons. The van der Waals surface area contributed by atoms with Gasteiger partial charge < -0.3 is 0 Å². The molecule has 5 heteroatoms. The van der Waals surface area contributed by atoms with E-state index in [9.17, 15) is 4.79 Å². The van der Waals surface area contributed by atoms with E-state index in [-0.39, 0.29) is 5.91 Å². The fourth-order valence-corrected chi connectivity index (χ4v) is 3.99. The van der Waals surface area contributed by atoms with E-state index in [0.29, 0.717) is 10.0 Å². The zero-order chi connectivity index (χ0) is 13.5. The van der Waals surface area contributed by atoms with Crippen molar-refractivity contribution in [2.24, 2.45) is 0 Å². The quantitative estimate of drug-likeness (QED) is 0.607. The number of rotatable bonds is 2. The van der Waals surface area contributed by atoms with Crippen molar-refractivity contribution >= 4 is 33.7 Å². The summed E-state index contributed by atoms with van der Waals surface area (Å²) in [5.74, 6) is -0.0827. The predicted octanol–water partition coefficient (Wildman–Crippen LogP) is 4.03. The van der Waals surface area contributed by atoms with Crippen molar-refractivity contribution in [3.8, 4) is 11.3 Å². The topological polar surface area (TPSA) is 42.0 Å². The zero-order valence-electron chi connectivity index (χ0n) is 10.4. The van der Waals surface area contributed by atoms with Crippen LogP contribution < -0.4 is 5.32 Å². The highest BCUT2D eigenvalue weighted by molar-refractivity contribution is 7.16. The monoisotopic (exact) mass is 298 g/mol. The molecule has 4 rings (SSSR count). The van der Waals surface area contributed by atoms with Crippen LogP contribution in [0.1, 0.15) is 20.1 Å². The molecule has 0 unspecified atom stereocenters. The van der Waals surface area contributed by atoms with Crippen LogP contribution in [-0.4, -0.2) is 10.9 Å². The molecule has 0 fully saturated rings. The number of thiophene rings is 1. The normalized spacial score (nSPS) is 12.0. The maximum Gasteiger partial charge on any atom is 0.267 e. The third kappa shape index (κ3) is 1.87. The number of hydrogen-bond donors (Lipinski definition) is 1. The summed E-state index contributed by atoms with van der Waals surface area (Å²) in [6.07, 6.45) is 0.915. The number of nitrogens with one attached hydrogen (secondary N) is 1. The molecule has 98 valence electrons. The second-order valence-corrected chi connectivity index (χ2v) is 6.59. The summed E-state index contributed by atoms with van der Waals surface area (Å²) in [7, 11) is 0. The molecule has 20 heavy (non-hydrogen) atoms. The van der Waals surface area contributed by atoms with Crippen LogP contribution in [-0.2, 0) is 6.42 Å². The molecule has 1 N–H and O–H groups in total. The second-order valence-electron chi connectivity index (χ2n) is 4.56. The van der Waals surface area contributed by atoms with Crippen molar-refractivity contribution < 1.29 is 4.79 Å². The van der Waals surface area contributed by atoms with Gasteiger partial charge in [-0.25, -0.2) is 4.98 Å². The summed E-state index contributed by atoms with van der Waals surface area (Å²) in [5, 5.41) is 5.46. The number of aromatic nitrogens is 1. The van der Waals surface area contributed by atoms with E-state index < -0.39 is 0 Å². The third-order valence-corrected chi connectivity index (χ3v) is 5.13. The maximum atomic E-state index is 12.0. The molecule has 2 aromatic heterocycles. The minimum Gasteiger partial charge on any atom is -0.297 e. The van der Waals surface area contributed by atoms with Crippen LogP contribution in [0.4, 0.5) is 5.13 Å². The van der Waals surface area contributed by atoms with Gasteiger partial charge in [0.15, 0.2) is 5.13 Å². The summed E-state index contributed by atoms with van der Waals surface area (Å²) in [5.41, 5.74) is 3.53. The Balaban J connectivity index is 1.63. The first-order valence-corrected chi connectivity index (χ1v) is 7.94. The van der Waals surface area contributed by atoms with Gasteiger partial charge in [0.05, 0.1) is 10.6 Å². The Morgan fingerprint density at radius 3 is 2.95 bits per heavy atom. The molecule has 3 nitrogen and oxygen atoms in total. The minimum absolute atomic E-state index is 0.0827. The van der Waals surface area contributed by atoms with Gasteiger partial charge in [0.2, 0.25) is 0 Å². The summed E-state index contributed by atoms with van der Waals surface area (Å²) in [6.45, 7) is 0. The zero-order valence-corrected chi connectivity index (χ0v) is 12.1. The largest absolute Gasteiger partial charge is 0.297 e. The van der Waals surface area contributed by atoms with Crippen LogP contribution in [0.5, 0.6) is 0 Å². The number of carbonyl (C=O) groups excluding carboxylic acids is 1. The average molecular weight is 298 g/mol. The Labute approximate surface area is 123 Å². The first kappa shape index (κ1) is 11.8. The molecule has 1 aliphatic rings. The lowest BCUT2D eigenvalue weighted by Gasteiger charge is -2.00. The van der Waals surface area contributed by atoms with Gasteiger partial charge in [0.25, 0.3) is 5.91 Å². The van der Waals surface area contributed by atoms with E-state index in [2.05, 4.69) is 28.5 Å². The van der Waals surface area contributed by atoms with Gasteiger partial charge in [-0.2, -0.15) is 0 Å². The summed E-state index contributed by atoms with van der Waals surface area (Å²) >= 11 is 3.00. The highest BCUT2D eigenvalue weighted by Crippen LogP contribution is 2.40. The number of fused-ring (bicyclic) bond motifs is 3. The molecule has 2 heterocycles. The van der Waals surface area contributed by atoms with Gasteiger partial charge in [0, 0.05) is 16.9 Å². The standard InChI is InChI=1S/C15H10N2OS2/c18-14(11-6-3-7-19-11)17-15-16-13-10-5-2-1-4-9(10)8-12(13)20-15/h1-7H,8H2,(H,16,17,18). The van der Waals surface area contributed by atoms with Crippen LogP contribution in [0.25, 0.3) is 11.3 Å².